The van der Waals surface area contributed by atoms with Crippen molar-refractivity contribution in [3.63, 3.8) is 0 Å². The summed E-state index contributed by atoms with van der Waals surface area (Å²) in [7, 11) is 2.03. The fourth-order valence-electron chi connectivity index (χ4n) is 3.72. The summed E-state index contributed by atoms with van der Waals surface area (Å²) in [6, 6.07) is 5.44. The van der Waals surface area contributed by atoms with E-state index in [2.05, 4.69) is 31.9 Å². The normalized spacial score (nSPS) is 19.0. The molecule has 8 nitrogen and oxygen atoms in total. The molecule has 1 aromatic heterocycles. The Hall–Kier alpha value is -2.26. The Morgan fingerprint density at radius 1 is 1.32 bits per heavy atom. The van der Waals surface area contributed by atoms with Gasteiger partial charge >= 0.3 is 0 Å². The molecule has 0 saturated carbocycles. The molecule has 0 aliphatic carbocycles. The molecule has 1 amide bonds. The second-order valence-electron chi connectivity index (χ2n) is 7.02. The van der Waals surface area contributed by atoms with Gasteiger partial charge in [-0.25, -0.2) is 0 Å². The standard InChI is InChI=1S/C19H25N5O3S/c1-3-28-19-22-21-18(23(19)2)13-5-4-8-24(10-13)11-17(25)20-14-6-7-15-16(9-14)27-12-26-15/h6-7,9,13H,3-5,8,10-12H2,1-2H3,(H,20,25)/t13-/m0/s1. The molecule has 1 fully saturated rings. The van der Waals surface area contributed by atoms with E-state index in [-0.39, 0.29) is 12.7 Å². The van der Waals surface area contributed by atoms with E-state index in [0.717, 1.165) is 48.4 Å². The van der Waals surface area contributed by atoms with Crippen LogP contribution in [0.2, 0.25) is 0 Å². The number of fused-ring (bicyclic) bond motifs is 1. The van der Waals surface area contributed by atoms with Gasteiger partial charge in [0.05, 0.1) is 6.54 Å². The summed E-state index contributed by atoms with van der Waals surface area (Å²) in [5.41, 5.74) is 0.720. The summed E-state index contributed by atoms with van der Waals surface area (Å²) < 4.78 is 12.8. The van der Waals surface area contributed by atoms with Crippen molar-refractivity contribution in [2.75, 3.05) is 37.5 Å². The van der Waals surface area contributed by atoms with E-state index >= 15 is 0 Å². The minimum atomic E-state index is -0.0280. The topological polar surface area (TPSA) is 81.5 Å². The average molecular weight is 404 g/mol. The Bertz CT molecular complexity index is 856. The summed E-state index contributed by atoms with van der Waals surface area (Å²) in [6.45, 7) is 4.43. The molecule has 3 heterocycles. The number of hydrogen-bond acceptors (Lipinski definition) is 7. The molecule has 1 saturated heterocycles. The third-order valence-corrected chi connectivity index (χ3v) is 5.94. The fraction of sp³-hybridized carbons (Fsp3) is 0.526. The Kier molecular flexibility index (Phi) is 5.72. The van der Waals surface area contributed by atoms with E-state index in [4.69, 9.17) is 9.47 Å². The minimum Gasteiger partial charge on any atom is -0.454 e. The molecule has 28 heavy (non-hydrogen) atoms. The van der Waals surface area contributed by atoms with Crippen LogP contribution < -0.4 is 14.8 Å². The number of rotatable bonds is 6. The van der Waals surface area contributed by atoms with Crippen LogP contribution in [0.15, 0.2) is 23.4 Å². The molecule has 9 heteroatoms. The Morgan fingerprint density at radius 2 is 2.18 bits per heavy atom. The lowest BCUT2D eigenvalue weighted by Gasteiger charge is -2.31. The van der Waals surface area contributed by atoms with Crippen molar-refractivity contribution in [3.8, 4) is 11.5 Å². The van der Waals surface area contributed by atoms with Crippen LogP contribution in [0.25, 0.3) is 0 Å². The molecular weight excluding hydrogens is 378 g/mol. The first-order valence-electron chi connectivity index (χ1n) is 9.58. The van der Waals surface area contributed by atoms with Crippen molar-refractivity contribution in [1.29, 1.82) is 0 Å². The van der Waals surface area contributed by atoms with Crippen LogP contribution in [0.3, 0.4) is 0 Å². The average Bonchev–Trinajstić information content (AvgIpc) is 3.29. The molecule has 0 bridgehead atoms. The predicted molar refractivity (Wildman–Crippen MR) is 107 cm³/mol. The van der Waals surface area contributed by atoms with Crippen molar-refractivity contribution >= 4 is 23.4 Å². The highest BCUT2D eigenvalue weighted by atomic mass is 32.2. The van der Waals surface area contributed by atoms with Gasteiger partial charge in [0.15, 0.2) is 16.7 Å². The number of ether oxygens (including phenoxy) is 2. The number of likely N-dealkylation sites (tertiary alicyclic amines) is 1. The molecule has 2 aromatic rings. The van der Waals surface area contributed by atoms with Crippen molar-refractivity contribution < 1.29 is 14.3 Å². The maximum absolute atomic E-state index is 12.5. The van der Waals surface area contributed by atoms with Crippen LogP contribution in [0.1, 0.15) is 31.5 Å². The summed E-state index contributed by atoms with van der Waals surface area (Å²) >= 11 is 1.70. The first-order chi connectivity index (χ1) is 13.6. The lowest BCUT2D eigenvalue weighted by molar-refractivity contribution is -0.117. The molecule has 4 rings (SSSR count). The van der Waals surface area contributed by atoms with E-state index in [1.165, 1.54) is 0 Å². The molecule has 150 valence electrons. The van der Waals surface area contributed by atoms with Crippen molar-refractivity contribution in [1.82, 2.24) is 19.7 Å². The molecule has 1 aromatic carbocycles. The third kappa shape index (κ3) is 4.10. The molecule has 1 atom stereocenters. The highest BCUT2D eigenvalue weighted by Crippen LogP contribution is 2.34. The number of amides is 1. The Balaban J connectivity index is 1.35. The van der Waals surface area contributed by atoms with Gasteiger partial charge in [-0.1, -0.05) is 18.7 Å². The number of aromatic nitrogens is 3. The van der Waals surface area contributed by atoms with Crippen LogP contribution in [-0.2, 0) is 11.8 Å². The third-order valence-electron chi connectivity index (χ3n) is 5.04. The van der Waals surface area contributed by atoms with E-state index < -0.39 is 0 Å². The van der Waals surface area contributed by atoms with Crippen LogP contribution in [0, 0.1) is 0 Å². The number of anilines is 1. The first kappa shape index (κ1) is 19.1. The summed E-state index contributed by atoms with van der Waals surface area (Å²) in [5.74, 6) is 3.63. The number of nitrogens with zero attached hydrogens (tertiary/aromatic N) is 4. The molecule has 0 radical (unpaired) electrons. The number of benzene rings is 1. The molecule has 0 unspecified atom stereocenters. The molecule has 2 aliphatic heterocycles. The number of carbonyl (C=O) groups excluding carboxylic acids is 1. The van der Waals surface area contributed by atoms with Crippen molar-refractivity contribution in [3.05, 3.63) is 24.0 Å². The Labute approximate surface area is 168 Å². The molecular formula is C19H25N5O3S. The number of carbonyl (C=O) groups is 1. The zero-order chi connectivity index (χ0) is 19.5. The number of piperidine rings is 1. The highest BCUT2D eigenvalue weighted by Gasteiger charge is 2.27. The fourth-order valence-corrected chi connectivity index (χ4v) is 4.37. The largest absolute Gasteiger partial charge is 0.454 e. The van der Waals surface area contributed by atoms with Crippen molar-refractivity contribution in [2.24, 2.45) is 7.05 Å². The summed E-state index contributed by atoms with van der Waals surface area (Å²) in [4.78, 5) is 14.7. The Morgan fingerprint density at radius 3 is 3.04 bits per heavy atom. The maximum atomic E-state index is 12.5. The first-order valence-corrected chi connectivity index (χ1v) is 10.6. The summed E-state index contributed by atoms with van der Waals surface area (Å²) in [5, 5.41) is 12.6. The van der Waals surface area contributed by atoms with Crippen LogP contribution >= 0.6 is 11.8 Å². The van der Waals surface area contributed by atoms with E-state index in [1.54, 1.807) is 17.8 Å². The van der Waals surface area contributed by atoms with E-state index in [0.29, 0.717) is 24.0 Å². The van der Waals surface area contributed by atoms with Crippen LogP contribution in [0.5, 0.6) is 11.5 Å². The predicted octanol–water partition coefficient (Wildman–Crippen LogP) is 2.47. The number of thioether (sulfide) groups is 1. The zero-order valence-corrected chi connectivity index (χ0v) is 17.0. The van der Waals surface area contributed by atoms with E-state index in [9.17, 15) is 4.79 Å². The lowest BCUT2D eigenvalue weighted by Crippen LogP contribution is -2.40. The van der Waals surface area contributed by atoms with E-state index in [1.807, 2.05) is 19.2 Å². The second-order valence-corrected chi connectivity index (χ2v) is 8.25. The number of hydrogen-bond donors (Lipinski definition) is 1. The SMILES string of the molecule is CCSc1nnc([C@H]2CCCN(CC(=O)Nc3ccc4c(c3)OCO4)C2)n1C. The zero-order valence-electron chi connectivity index (χ0n) is 16.2. The van der Waals surface area contributed by atoms with Gasteiger partial charge in [-0.3, -0.25) is 9.69 Å². The van der Waals surface area contributed by atoms with Crippen molar-refractivity contribution in [2.45, 2.75) is 30.8 Å². The van der Waals surface area contributed by atoms with Gasteiger partial charge in [-0.05, 0) is 37.3 Å². The smallest absolute Gasteiger partial charge is 0.238 e. The molecule has 0 spiro atoms. The molecule has 2 aliphatic rings. The van der Waals surface area contributed by atoms with Gasteiger partial charge in [0, 0.05) is 31.3 Å². The molecule has 1 N–H and O–H groups in total. The van der Waals surface area contributed by atoms with Gasteiger partial charge < -0.3 is 19.4 Å². The monoisotopic (exact) mass is 403 g/mol. The quantitative estimate of drug-likeness (QED) is 0.742. The van der Waals surface area contributed by atoms with Gasteiger partial charge in [0.2, 0.25) is 12.7 Å². The second kappa shape index (κ2) is 8.40. The van der Waals surface area contributed by atoms with Gasteiger partial charge in [0.25, 0.3) is 0 Å². The highest BCUT2D eigenvalue weighted by molar-refractivity contribution is 7.99. The van der Waals surface area contributed by atoms with Gasteiger partial charge in [-0.2, -0.15) is 0 Å². The minimum absolute atomic E-state index is 0.0280. The maximum Gasteiger partial charge on any atom is 0.238 e. The lowest BCUT2D eigenvalue weighted by atomic mass is 9.97. The van der Waals surface area contributed by atoms with Crippen LogP contribution in [0.4, 0.5) is 5.69 Å². The van der Waals surface area contributed by atoms with Gasteiger partial charge in [0.1, 0.15) is 5.82 Å². The number of nitrogens with one attached hydrogen (secondary N) is 1. The summed E-state index contributed by atoms with van der Waals surface area (Å²) in [6.07, 6.45) is 2.12. The van der Waals surface area contributed by atoms with Gasteiger partial charge in [-0.15, -0.1) is 10.2 Å². The van der Waals surface area contributed by atoms with Crippen LogP contribution in [-0.4, -0.2) is 57.8 Å².